The van der Waals surface area contributed by atoms with E-state index in [1.165, 1.54) is 12.8 Å². The first-order chi connectivity index (χ1) is 13.2. The van der Waals surface area contributed by atoms with E-state index in [2.05, 4.69) is 4.90 Å². The highest BCUT2D eigenvalue weighted by Gasteiger charge is 2.49. The minimum absolute atomic E-state index is 0.163. The van der Waals surface area contributed by atoms with Gasteiger partial charge in [-0.1, -0.05) is 18.2 Å². The lowest BCUT2D eigenvalue weighted by molar-refractivity contribution is -0.146. The Bertz CT molecular complexity index is 673. The maximum Gasteiger partial charge on any atom is 0.230 e. The molecule has 0 unspecified atom stereocenters. The number of nitrogens with zero attached hydrogens (tertiary/aromatic N) is 2. The molecule has 1 atom stereocenters. The molecule has 2 saturated heterocycles. The van der Waals surface area contributed by atoms with Crippen LogP contribution in [-0.4, -0.2) is 54.4 Å². The van der Waals surface area contributed by atoms with E-state index in [1.807, 2.05) is 35.2 Å². The van der Waals surface area contributed by atoms with Crippen LogP contribution >= 0.6 is 0 Å². The highest BCUT2D eigenvalue weighted by Crippen LogP contribution is 2.41. The van der Waals surface area contributed by atoms with Gasteiger partial charge in [0.2, 0.25) is 11.8 Å². The first-order valence-electron chi connectivity index (χ1n) is 10.4. The van der Waals surface area contributed by atoms with Crippen LogP contribution in [0.15, 0.2) is 30.3 Å². The van der Waals surface area contributed by atoms with Gasteiger partial charge in [0.05, 0.1) is 12.0 Å². The molecule has 0 radical (unpaired) electrons. The second-order valence-electron chi connectivity index (χ2n) is 8.41. The predicted molar refractivity (Wildman–Crippen MR) is 103 cm³/mol. The molecule has 5 heteroatoms. The number of ether oxygens (including phenoxy) is 1. The van der Waals surface area contributed by atoms with Gasteiger partial charge in [0, 0.05) is 32.6 Å². The van der Waals surface area contributed by atoms with Gasteiger partial charge in [-0.3, -0.25) is 9.59 Å². The Balaban J connectivity index is 1.24. The van der Waals surface area contributed by atoms with Crippen LogP contribution in [0.3, 0.4) is 0 Å². The van der Waals surface area contributed by atoms with Gasteiger partial charge < -0.3 is 14.5 Å². The van der Waals surface area contributed by atoms with Crippen LogP contribution in [0.5, 0.6) is 5.75 Å². The molecular weight excluding hydrogens is 340 g/mol. The third-order valence-corrected chi connectivity index (χ3v) is 6.25. The molecule has 27 heavy (non-hydrogen) atoms. The van der Waals surface area contributed by atoms with E-state index in [0.29, 0.717) is 31.9 Å². The number of carbonyl (C=O) groups excluding carboxylic acids is 2. The number of piperidine rings is 1. The van der Waals surface area contributed by atoms with Crippen LogP contribution in [0.1, 0.15) is 44.9 Å². The van der Waals surface area contributed by atoms with Crippen molar-refractivity contribution in [3.8, 4) is 5.75 Å². The van der Waals surface area contributed by atoms with Crippen LogP contribution in [0.25, 0.3) is 0 Å². The van der Waals surface area contributed by atoms with Crippen molar-refractivity contribution in [3.63, 3.8) is 0 Å². The summed E-state index contributed by atoms with van der Waals surface area (Å²) >= 11 is 0. The summed E-state index contributed by atoms with van der Waals surface area (Å²) < 4.78 is 5.67. The van der Waals surface area contributed by atoms with Gasteiger partial charge in [-0.25, -0.2) is 0 Å². The normalized spacial score (nSPS) is 25.3. The number of para-hydroxylation sites is 1. The van der Waals surface area contributed by atoms with Crippen molar-refractivity contribution < 1.29 is 14.3 Å². The fourth-order valence-electron chi connectivity index (χ4n) is 4.49. The average molecular weight is 370 g/mol. The van der Waals surface area contributed by atoms with E-state index in [4.69, 9.17) is 4.74 Å². The number of benzene rings is 1. The Kier molecular flexibility index (Phi) is 5.37. The smallest absolute Gasteiger partial charge is 0.230 e. The summed E-state index contributed by atoms with van der Waals surface area (Å²) in [6.07, 6.45) is 6.58. The van der Waals surface area contributed by atoms with Crippen molar-refractivity contribution in [2.24, 2.45) is 11.3 Å². The molecule has 3 aliphatic rings. The zero-order valence-corrected chi connectivity index (χ0v) is 16.1. The fraction of sp³-hybridized carbons (Fsp3) is 0.636. The first-order valence-corrected chi connectivity index (χ1v) is 10.4. The van der Waals surface area contributed by atoms with E-state index in [1.54, 1.807) is 0 Å². The Morgan fingerprint density at radius 2 is 1.96 bits per heavy atom. The summed E-state index contributed by atoms with van der Waals surface area (Å²) in [4.78, 5) is 29.7. The fourth-order valence-corrected chi connectivity index (χ4v) is 4.49. The predicted octanol–water partition coefficient (Wildman–Crippen LogP) is 3.10. The molecule has 146 valence electrons. The second kappa shape index (κ2) is 7.91. The second-order valence-corrected chi connectivity index (χ2v) is 8.41. The summed E-state index contributed by atoms with van der Waals surface area (Å²) in [5.41, 5.74) is -0.302. The Morgan fingerprint density at radius 3 is 2.74 bits per heavy atom. The van der Waals surface area contributed by atoms with E-state index >= 15 is 0 Å². The summed E-state index contributed by atoms with van der Waals surface area (Å²) in [5, 5.41) is 0. The number of rotatable bonds is 7. The van der Waals surface area contributed by atoms with Crippen LogP contribution in [0.4, 0.5) is 0 Å². The molecule has 2 aliphatic heterocycles. The molecule has 3 fully saturated rings. The van der Waals surface area contributed by atoms with Gasteiger partial charge in [-0.15, -0.1) is 0 Å². The maximum atomic E-state index is 13.1. The SMILES string of the molecule is O=C(CCCOc1ccccc1)N1CC[C@@]2(CCCN(CC3CC3)C2=O)C1. The van der Waals surface area contributed by atoms with Crippen LogP contribution in [0, 0.1) is 11.3 Å². The van der Waals surface area contributed by atoms with E-state index in [-0.39, 0.29) is 11.3 Å². The molecule has 2 heterocycles. The standard InChI is InChI=1S/C22H30N2O3/c25-20(8-4-15-27-19-6-2-1-3-7-19)24-14-12-22(17-24)11-5-13-23(21(22)26)16-18-9-10-18/h1-3,6-7,18H,4-5,8-17H2/t22-/m0/s1. The molecule has 1 aromatic carbocycles. The molecule has 4 rings (SSSR count). The van der Waals surface area contributed by atoms with Crippen molar-refractivity contribution in [1.29, 1.82) is 0 Å². The Morgan fingerprint density at radius 1 is 1.15 bits per heavy atom. The lowest BCUT2D eigenvalue weighted by Crippen LogP contribution is -2.50. The summed E-state index contributed by atoms with van der Waals surface area (Å²) in [7, 11) is 0. The van der Waals surface area contributed by atoms with E-state index in [0.717, 1.165) is 50.6 Å². The number of likely N-dealkylation sites (tertiary alicyclic amines) is 2. The van der Waals surface area contributed by atoms with Gasteiger partial charge in [-0.05, 0) is 56.6 Å². The van der Waals surface area contributed by atoms with Crippen molar-refractivity contribution in [2.75, 3.05) is 32.8 Å². The number of hydrogen-bond acceptors (Lipinski definition) is 3. The Labute approximate surface area is 161 Å². The van der Waals surface area contributed by atoms with Crippen LogP contribution in [-0.2, 0) is 9.59 Å². The molecular formula is C22H30N2O3. The molecule has 0 aromatic heterocycles. The highest BCUT2D eigenvalue weighted by molar-refractivity contribution is 5.86. The monoisotopic (exact) mass is 370 g/mol. The van der Waals surface area contributed by atoms with Gasteiger partial charge in [0.25, 0.3) is 0 Å². The Hall–Kier alpha value is -2.04. The first kappa shape index (κ1) is 18.3. The molecule has 1 aliphatic carbocycles. The third kappa shape index (κ3) is 4.28. The lowest BCUT2D eigenvalue weighted by Gasteiger charge is -2.39. The van der Waals surface area contributed by atoms with Crippen molar-refractivity contribution >= 4 is 11.8 Å². The highest BCUT2D eigenvalue weighted by atomic mass is 16.5. The van der Waals surface area contributed by atoms with Gasteiger partial charge in [0.1, 0.15) is 5.75 Å². The zero-order chi connectivity index (χ0) is 18.7. The zero-order valence-electron chi connectivity index (χ0n) is 16.1. The number of hydrogen-bond donors (Lipinski definition) is 0. The van der Waals surface area contributed by atoms with Crippen LogP contribution < -0.4 is 4.74 Å². The van der Waals surface area contributed by atoms with Crippen LogP contribution in [0.2, 0.25) is 0 Å². The molecule has 5 nitrogen and oxygen atoms in total. The molecule has 0 bridgehead atoms. The van der Waals surface area contributed by atoms with Crippen molar-refractivity contribution in [1.82, 2.24) is 9.80 Å². The summed E-state index contributed by atoms with van der Waals surface area (Å²) in [5.74, 6) is 2.04. The topological polar surface area (TPSA) is 49.9 Å². The largest absolute Gasteiger partial charge is 0.494 e. The average Bonchev–Trinajstić information content (AvgIpc) is 3.41. The summed E-state index contributed by atoms with van der Waals surface area (Å²) in [6, 6.07) is 9.69. The maximum absolute atomic E-state index is 13.1. The minimum Gasteiger partial charge on any atom is -0.494 e. The quantitative estimate of drug-likeness (QED) is 0.693. The van der Waals surface area contributed by atoms with Crippen molar-refractivity contribution in [3.05, 3.63) is 30.3 Å². The minimum atomic E-state index is -0.302. The number of carbonyl (C=O) groups is 2. The molecule has 0 N–H and O–H groups in total. The molecule has 2 amide bonds. The lowest BCUT2D eigenvalue weighted by atomic mass is 9.78. The molecule has 1 aromatic rings. The van der Waals surface area contributed by atoms with Gasteiger partial charge >= 0.3 is 0 Å². The number of amides is 2. The third-order valence-electron chi connectivity index (χ3n) is 6.25. The molecule has 1 spiro atoms. The van der Waals surface area contributed by atoms with E-state index < -0.39 is 0 Å². The van der Waals surface area contributed by atoms with Crippen molar-refractivity contribution in [2.45, 2.75) is 44.9 Å². The van der Waals surface area contributed by atoms with Gasteiger partial charge in [0.15, 0.2) is 0 Å². The molecule has 1 saturated carbocycles. The van der Waals surface area contributed by atoms with Gasteiger partial charge in [-0.2, -0.15) is 0 Å². The summed E-state index contributed by atoms with van der Waals surface area (Å²) in [6.45, 7) is 3.73. The van der Waals surface area contributed by atoms with E-state index in [9.17, 15) is 9.59 Å².